The summed E-state index contributed by atoms with van der Waals surface area (Å²) in [6, 6.07) is 4.16. The molecule has 0 radical (unpaired) electrons. The average molecular weight is 479 g/mol. The molecule has 4 nitrogen and oxygen atoms in total. The van der Waals surface area contributed by atoms with Gasteiger partial charge in [0.2, 0.25) is 0 Å². The van der Waals surface area contributed by atoms with E-state index in [-0.39, 0.29) is 23.4 Å². The van der Waals surface area contributed by atoms with E-state index in [1.165, 1.54) is 11.8 Å². The number of halogens is 3. The Hall–Kier alpha value is -2.35. The molecule has 8 heteroatoms. The zero-order valence-electron chi connectivity index (χ0n) is 19.3. The smallest absolute Gasteiger partial charge is 0.434 e. The molecule has 0 saturated carbocycles. The lowest BCUT2D eigenvalue weighted by atomic mass is 9.76. The summed E-state index contributed by atoms with van der Waals surface area (Å²) in [6.45, 7) is 8.13. The molecule has 0 aliphatic heterocycles. The van der Waals surface area contributed by atoms with Gasteiger partial charge in [0.05, 0.1) is 18.0 Å². The van der Waals surface area contributed by atoms with Crippen LogP contribution < -0.4 is 0 Å². The molecule has 1 aliphatic carbocycles. The van der Waals surface area contributed by atoms with Crippen LogP contribution >= 0.6 is 11.8 Å². The van der Waals surface area contributed by atoms with Gasteiger partial charge in [-0.15, -0.1) is 11.8 Å². The molecule has 0 bridgehead atoms. The molecule has 1 heterocycles. The van der Waals surface area contributed by atoms with Crippen molar-refractivity contribution in [3.05, 3.63) is 58.2 Å². The Morgan fingerprint density at radius 2 is 1.76 bits per heavy atom. The third-order valence-corrected chi connectivity index (χ3v) is 7.34. The molecular weight excluding hydrogens is 449 g/mol. The molecular formula is C25H29F3N2O2S. The third kappa shape index (κ3) is 5.78. The van der Waals surface area contributed by atoms with Crippen LogP contribution in [0.5, 0.6) is 0 Å². The first-order valence-corrected chi connectivity index (χ1v) is 12.1. The van der Waals surface area contributed by atoms with Crippen LogP contribution in [0.15, 0.2) is 35.3 Å². The summed E-state index contributed by atoms with van der Waals surface area (Å²) in [5.41, 5.74) is 3.61. The van der Waals surface area contributed by atoms with Gasteiger partial charge in [0.1, 0.15) is 10.8 Å². The Kier molecular flexibility index (Phi) is 7.88. The minimum absolute atomic E-state index is 0.0447. The lowest BCUT2D eigenvalue weighted by molar-refractivity contribution is -0.141. The predicted molar refractivity (Wildman–Crippen MR) is 124 cm³/mol. The second kappa shape index (κ2) is 10.3. The molecule has 2 atom stereocenters. The first-order valence-electron chi connectivity index (χ1n) is 11.1. The maximum absolute atomic E-state index is 13.2. The van der Waals surface area contributed by atoms with Crippen molar-refractivity contribution in [2.75, 3.05) is 5.75 Å². The van der Waals surface area contributed by atoms with Crippen LogP contribution in [0.1, 0.15) is 61.6 Å². The summed E-state index contributed by atoms with van der Waals surface area (Å²) >= 11 is 1.30. The summed E-state index contributed by atoms with van der Waals surface area (Å²) in [7, 11) is 0. The minimum Gasteiger partial charge on any atom is -0.512 e. The predicted octanol–water partition coefficient (Wildman–Crippen LogP) is 6.61. The number of hydrogen-bond acceptors (Lipinski definition) is 5. The summed E-state index contributed by atoms with van der Waals surface area (Å²) in [5, 5.41) is 11.3. The van der Waals surface area contributed by atoms with Crippen LogP contribution in [0, 0.1) is 18.8 Å². The topological polar surface area (TPSA) is 63.1 Å². The quantitative estimate of drug-likeness (QED) is 0.454. The van der Waals surface area contributed by atoms with Crippen molar-refractivity contribution in [2.45, 2.75) is 64.6 Å². The number of benzene rings is 1. The molecule has 2 unspecified atom stereocenters. The molecule has 1 aromatic carbocycles. The summed E-state index contributed by atoms with van der Waals surface area (Å²) < 4.78 is 37.9. The van der Waals surface area contributed by atoms with E-state index in [9.17, 15) is 23.1 Å². The number of allylic oxidation sites excluding steroid dienone is 2. The van der Waals surface area contributed by atoms with Crippen LogP contribution in [-0.4, -0.2) is 26.6 Å². The fraction of sp³-hybridized carbons (Fsp3) is 0.480. The van der Waals surface area contributed by atoms with Gasteiger partial charge in [-0.2, -0.15) is 13.2 Å². The summed E-state index contributed by atoms with van der Waals surface area (Å²) in [5.74, 6) is 0.655. The van der Waals surface area contributed by atoms with Crippen molar-refractivity contribution in [1.82, 2.24) is 9.97 Å². The highest BCUT2D eigenvalue weighted by Crippen LogP contribution is 2.39. The number of ketones is 1. The number of alkyl halides is 3. The van der Waals surface area contributed by atoms with Crippen molar-refractivity contribution >= 4 is 23.1 Å². The number of aliphatic hydroxyl groups excluding tert-OH is 1. The number of aromatic nitrogens is 2. The van der Waals surface area contributed by atoms with Crippen molar-refractivity contribution in [1.29, 1.82) is 0 Å². The number of nitrogens with zero attached hydrogens (tertiary/aromatic N) is 2. The summed E-state index contributed by atoms with van der Waals surface area (Å²) in [4.78, 5) is 20.5. The normalized spacial score (nSPS) is 18.0. The van der Waals surface area contributed by atoms with Crippen molar-refractivity contribution < 1.29 is 23.1 Å². The van der Waals surface area contributed by atoms with Gasteiger partial charge < -0.3 is 5.11 Å². The van der Waals surface area contributed by atoms with E-state index in [1.807, 2.05) is 13.8 Å². The van der Waals surface area contributed by atoms with Crippen LogP contribution in [0.25, 0.3) is 5.57 Å². The molecule has 0 spiro atoms. The van der Waals surface area contributed by atoms with Gasteiger partial charge in [-0.25, -0.2) is 9.97 Å². The molecule has 178 valence electrons. The van der Waals surface area contributed by atoms with Crippen LogP contribution in [0.4, 0.5) is 13.2 Å². The lowest BCUT2D eigenvalue weighted by Crippen LogP contribution is -2.25. The van der Waals surface area contributed by atoms with Gasteiger partial charge in [-0.05, 0) is 48.3 Å². The van der Waals surface area contributed by atoms with Crippen molar-refractivity contribution in [2.24, 2.45) is 11.8 Å². The number of aliphatic hydroxyl groups is 1. The molecule has 3 rings (SSSR count). The highest BCUT2D eigenvalue weighted by atomic mass is 32.2. The monoisotopic (exact) mass is 478 g/mol. The Labute approximate surface area is 196 Å². The molecule has 2 aromatic rings. The fourth-order valence-electron chi connectivity index (χ4n) is 4.32. The van der Waals surface area contributed by atoms with E-state index in [2.05, 4.69) is 35.9 Å². The van der Waals surface area contributed by atoms with E-state index >= 15 is 0 Å². The number of carbonyl (C=O) groups excluding carboxylic acids is 1. The van der Waals surface area contributed by atoms with E-state index in [1.54, 1.807) is 0 Å². The zero-order valence-corrected chi connectivity index (χ0v) is 20.1. The average Bonchev–Trinajstić information content (AvgIpc) is 2.76. The van der Waals surface area contributed by atoms with E-state index in [0.717, 1.165) is 47.5 Å². The lowest BCUT2D eigenvalue weighted by Gasteiger charge is -2.29. The van der Waals surface area contributed by atoms with Gasteiger partial charge >= 0.3 is 6.18 Å². The van der Waals surface area contributed by atoms with Gasteiger partial charge in [0, 0.05) is 18.6 Å². The standard InChI is InChI=1S/C25H29F3N2O2S/c1-5-16-7-14(3)8-17(6-2)23(16)24-19(31)9-18(10-20(24)32)15(4)13-33-22-12-29-21(11-30-22)25(26,27)28/h7-8,11-12,15,18,31H,5-6,9-10,13H2,1-4H3. The van der Waals surface area contributed by atoms with E-state index in [0.29, 0.717) is 29.2 Å². The zero-order chi connectivity index (χ0) is 24.3. The van der Waals surface area contributed by atoms with Crippen LogP contribution in [0.3, 0.4) is 0 Å². The first kappa shape index (κ1) is 25.3. The largest absolute Gasteiger partial charge is 0.512 e. The number of aryl methyl sites for hydroxylation is 3. The first-order chi connectivity index (χ1) is 15.5. The Balaban J connectivity index is 1.75. The molecule has 1 aromatic heterocycles. The summed E-state index contributed by atoms with van der Waals surface area (Å²) in [6.07, 6.45) is -0.368. The molecule has 0 amide bonds. The fourth-order valence-corrected chi connectivity index (χ4v) is 5.28. The number of hydrogen-bond donors (Lipinski definition) is 1. The molecule has 1 N–H and O–H groups in total. The van der Waals surface area contributed by atoms with Crippen LogP contribution in [0.2, 0.25) is 0 Å². The second-order valence-corrected chi connectivity index (χ2v) is 9.64. The highest BCUT2D eigenvalue weighted by Gasteiger charge is 2.34. The molecule has 0 fully saturated rings. The number of carbonyl (C=O) groups is 1. The van der Waals surface area contributed by atoms with Gasteiger partial charge in [-0.3, -0.25) is 4.79 Å². The highest BCUT2D eigenvalue weighted by molar-refractivity contribution is 7.99. The Bertz CT molecular complexity index is 1020. The number of rotatable bonds is 7. The van der Waals surface area contributed by atoms with Crippen molar-refractivity contribution in [3.63, 3.8) is 0 Å². The second-order valence-electron chi connectivity index (χ2n) is 8.60. The maximum atomic E-state index is 13.2. The van der Waals surface area contributed by atoms with Gasteiger partial charge in [0.15, 0.2) is 11.5 Å². The molecule has 1 aliphatic rings. The van der Waals surface area contributed by atoms with Crippen LogP contribution in [-0.2, 0) is 23.8 Å². The molecule has 33 heavy (non-hydrogen) atoms. The Morgan fingerprint density at radius 3 is 2.24 bits per heavy atom. The minimum atomic E-state index is -4.51. The maximum Gasteiger partial charge on any atom is 0.434 e. The molecule has 0 saturated heterocycles. The van der Waals surface area contributed by atoms with E-state index in [4.69, 9.17) is 0 Å². The number of Topliss-reactive ketones (excluding diaryl/α,β-unsaturated/α-hetero) is 1. The SMILES string of the molecule is CCc1cc(C)cc(CC)c1C1=C(O)CC(C(C)CSc2cnc(C(F)(F)F)cn2)CC1=O. The number of thioether (sulfide) groups is 1. The van der Waals surface area contributed by atoms with Gasteiger partial charge in [0.25, 0.3) is 0 Å². The third-order valence-electron chi connectivity index (χ3n) is 6.15. The Morgan fingerprint density at radius 1 is 1.12 bits per heavy atom. The van der Waals surface area contributed by atoms with E-state index < -0.39 is 11.9 Å². The van der Waals surface area contributed by atoms with Gasteiger partial charge in [-0.1, -0.05) is 38.5 Å². The van der Waals surface area contributed by atoms with Crippen molar-refractivity contribution in [3.8, 4) is 0 Å².